The number of allylic oxidation sites excluding steroid dienone is 2. The van der Waals surface area contributed by atoms with Gasteiger partial charge < -0.3 is 0 Å². The van der Waals surface area contributed by atoms with Gasteiger partial charge in [-0.15, -0.1) is 0 Å². The highest BCUT2D eigenvalue weighted by Gasteiger charge is 2.05. The molecule has 0 bridgehead atoms. The maximum atomic E-state index is 2.43. The molecule has 29 heavy (non-hydrogen) atoms. The van der Waals surface area contributed by atoms with Crippen molar-refractivity contribution in [3.8, 4) is 0 Å². The lowest BCUT2D eigenvalue weighted by Crippen LogP contribution is -1.98. The van der Waals surface area contributed by atoms with Crippen molar-refractivity contribution in [1.29, 1.82) is 0 Å². The summed E-state index contributed by atoms with van der Waals surface area (Å²) in [5, 5.41) is 0. The Kier molecular flexibility index (Phi) is 23.8. The number of hydrogen-bond acceptors (Lipinski definition) is 0. The van der Waals surface area contributed by atoms with Crippen molar-refractivity contribution in [3.63, 3.8) is 0 Å². The van der Waals surface area contributed by atoms with Gasteiger partial charge in [-0.1, -0.05) is 162 Å². The summed E-state index contributed by atoms with van der Waals surface area (Å²) in [5.74, 6) is 1.80. The second-order valence-electron chi connectivity index (χ2n) is 9.78. The zero-order valence-corrected chi connectivity index (χ0v) is 21.2. The molecule has 0 nitrogen and oxygen atoms in total. The second-order valence-corrected chi connectivity index (χ2v) is 9.78. The van der Waals surface area contributed by atoms with Gasteiger partial charge in [0.15, 0.2) is 0 Å². The minimum absolute atomic E-state index is 0.788. The fourth-order valence-electron chi connectivity index (χ4n) is 4.48. The van der Waals surface area contributed by atoms with E-state index in [1.807, 2.05) is 0 Å². The van der Waals surface area contributed by atoms with E-state index in [1.54, 1.807) is 0 Å². The summed E-state index contributed by atoms with van der Waals surface area (Å²) in [4.78, 5) is 0. The van der Waals surface area contributed by atoms with Crippen LogP contribution in [0.15, 0.2) is 12.2 Å². The van der Waals surface area contributed by atoms with Crippen LogP contribution in [0.3, 0.4) is 0 Å². The van der Waals surface area contributed by atoms with Crippen LogP contribution in [0.1, 0.15) is 163 Å². The van der Waals surface area contributed by atoms with Crippen LogP contribution in [0.25, 0.3) is 0 Å². The molecule has 0 aromatic rings. The van der Waals surface area contributed by atoms with E-state index in [0.29, 0.717) is 0 Å². The topological polar surface area (TPSA) is 0 Å². The molecule has 0 aromatic heterocycles. The van der Waals surface area contributed by atoms with Gasteiger partial charge in [-0.05, 0) is 24.7 Å². The normalized spacial score (nSPS) is 13.9. The summed E-state index contributed by atoms with van der Waals surface area (Å²) in [6.07, 6.45) is 35.0. The van der Waals surface area contributed by atoms with Gasteiger partial charge in [0.25, 0.3) is 0 Å². The Morgan fingerprint density at radius 1 is 0.517 bits per heavy atom. The molecule has 0 radical (unpaired) electrons. The van der Waals surface area contributed by atoms with E-state index in [-0.39, 0.29) is 0 Å². The third kappa shape index (κ3) is 22.3. The molecule has 174 valence electrons. The first-order valence-electron chi connectivity index (χ1n) is 13.9. The molecule has 2 atom stereocenters. The van der Waals surface area contributed by atoms with Crippen molar-refractivity contribution in [1.82, 2.24) is 0 Å². The average molecular weight is 407 g/mol. The summed E-state index contributed by atoms with van der Waals surface area (Å²) in [5.41, 5.74) is 0. The van der Waals surface area contributed by atoms with Crippen molar-refractivity contribution < 1.29 is 0 Å². The summed E-state index contributed by atoms with van der Waals surface area (Å²) in [6, 6.07) is 0. The maximum Gasteiger partial charge on any atom is -0.0262 e. The highest BCUT2D eigenvalue weighted by atomic mass is 14.1. The standard InChI is InChI=1S/C29H58/c1-5-8-21-24-28(4)25-22-19-17-15-13-11-10-12-14-16-18-20-23-27-29(7-3)26-9-6-2/h21,24,28-29H,5-20,22-23,25-27H2,1-4H3/b24-21+. The average Bonchev–Trinajstić information content (AvgIpc) is 2.73. The lowest BCUT2D eigenvalue weighted by Gasteiger charge is -2.13. The third-order valence-corrected chi connectivity index (χ3v) is 6.74. The van der Waals surface area contributed by atoms with Gasteiger partial charge in [0.05, 0.1) is 0 Å². The Labute approximate surface area is 186 Å². The van der Waals surface area contributed by atoms with Crippen LogP contribution in [0, 0.1) is 11.8 Å². The van der Waals surface area contributed by atoms with Crippen LogP contribution in [0.5, 0.6) is 0 Å². The molecular formula is C29H58. The fraction of sp³-hybridized carbons (Fsp3) is 0.931. The molecule has 0 rings (SSSR count). The van der Waals surface area contributed by atoms with Crippen molar-refractivity contribution in [3.05, 3.63) is 12.2 Å². The van der Waals surface area contributed by atoms with Gasteiger partial charge in [0, 0.05) is 0 Å². The van der Waals surface area contributed by atoms with Crippen molar-refractivity contribution in [2.24, 2.45) is 11.8 Å². The molecule has 2 unspecified atom stereocenters. The first kappa shape index (κ1) is 28.7. The van der Waals surface area contributed by atoms with Gasteiger partial charge in [0.1, 0.15) is 0 Å². The lowest BCUT2D eigenvalue weighted by molar-refractivity contribution is 0.399. The molecule has 0 amide bonds. The summed E-state index contributed by atoms with van der Waals surface area (Å²) >= 11 is 0. The SMILES string of the molecule is CCC/C=C/C(C)CCCCCCCCCCCCCCCC(CC)CCCC. The van der Waals surface area contributed by atoms with Crippen LogP contribution < -0.4 is 0 Å². The Hall–Kier alpha value is -0.260. The molecule has 0 fully saturated rings. The van der Waals surface area contributed by atoms with Crippen molar-refractivity contribution in [2.75, 3.05) is 0 Å². The maximum absolute atomic E-state index is 2.43. The van der Waals surface area contributed by atoms with Gasteiger partial charge in [0.2, 0.25) is 0 Å². The smallest absolute Gasteiger partial charge is 0.0262 e. The molecule has 0 saturated heterocycles. The predicted molar refractivity (Wildman–Crippen MR) is 136 cm³/mol. The van der Waals surface area contributed by atoms with Gasteiger partial charge >= 0.3 is 0 Å². The summed E-state index contributed by atoms with van der Waals surface area (Å²) in [7, 11) is 0. The Morgan fingerprint density at radius 3 is 1.41 bits per heavy atom. The second kappa shape index (κ2) is 24.0. The number of rotatable bonds is 23. The van der Waals surface area contributed by atoms with E-state index >= 15 is 0 Å². The Balaban J connectivity index is 3.22. The van der Waals surface area contributed by atoms with Crippen molar-refractivity contribution >= 4 is 0 Å². The lowest BCUT2D eigenvalue weighted by atomic mass is 9.93. The molecule has 0 aliphatic heterocycles. The van der Waals surface area contributed by atoms with E-state index < -0.39 is 0 Å². The van der Waals surface area contributed by atoms with E-state index in [9.17, 15) is 0 Å². The first-order valence-corrected chi connectivity index (χ1v) is 13.9. The van der Waals surface area contributed by atoms with Crippen molar-refractivity contribution in [2.45, 2.75) is 163 Å². The van der Waals surface area contributed by atoms with Crippen LogP contribution in [-0.4, -0.2) is 0 Å². The largest absolute Gasteiger partial charge is 0.0883 e. The molecule has 0 N–H and O–H groups in total. The zero-order valence-electron chi connectivity index (χ0n) is 21.2. The number of unbranched alkanes of at least 4 members (excludes halogenated alkanes) is 14. The van der Waals surface area contributed by atoms with E-state index in [4.69, 9.17) is 0 Å². The molecule has 0 aromatic carbocycles. The monoisotopic (exact) mass is 406 g/mol. The van der Waals surface area contributed by atoms with Gasteiger partial charge in [-0.3, -0.25) is 0 Å². The quantitative estimate of drug-likeness (QED) is 0.117. The predicted octanol–water partition coefficient (Wildman–Crippen LogP) is 11.0. The minimum atomic E-state index is 0.788. The van der Waals surface area contributed by atoms with E-state index in [1.165, 1.54) is 135 Å². The van der Waals surface area contributed by atoms with Crippen LogP contribution in [0.4, 0.5) is 0 Å². The molecule has 0 aliphatic rings. The van der Waals surface area contributed by atoms with Gasteiger partial charge in [-0.25, -0.2) is 0 Å². The highest BCUT2D eigenvalue weighted by Crippen LogP contribution is 2.21. The van der Waals surface area contributed by atoms with Gasteiger partial charge in [-0.2, -0.15) is 0 Å². The zero-order chi connectivity index (χ0) is 21.4. The minimum Gasteiger partial charge on any atom is -0.0883 e. The Bertz CT molecular complexity index is 316. The molecule has 0 heteroatoms. The van der Waals surface area contributed by atoms with Crippen LogP contribution in [0.2, 0.25) is 0 Å². The van der Waals surface area contributed by atoms with E-state index in [2.05, 4.69) is 39.8 Å². The molecule has 0 saturated carbocycles. The van der Waals surface area contributed by atoms with E-state index in [0.717, 1.165) is 11.8 Å². The molecular weight excluding hydrogens is 348 g/mol. The molecule has 0 aliphatic carbocycles. The summed E-state index contributed by atoms with van der Waals surface area (Å²) < 4.78 is 0. The Morgan fingerprint density at radius 2 is 0.966 bits per heavy atom. The fourth-order valence-corrected chi connectivity index (χ4v) is 4.48. The third-order valence-electron chi connectivity index (χ3n) is 6.74. The highest BCUT2D eigenvalue weighted by molar-refractivity contribution is 4.85. The molecule has 0 heterocycles. The first-order chi connectivity index (χ1) is 14.2. The van der Waals surface area contributed by atoms with Crippen LogP contribution >= 0.6 is 0 Å². The summed E-state index contributed by atoms with van der Waals surface area (Å²) in [6.45, 7) is 9.34. The number of hydrogen-bond donors (Lipinski definition) is 0. The molecule has 0 spiro atoms. The van der Waals surface area contributed by atoms with Crippen LogP contribution in [-0.2, 0) is 0 Å².